The zero-order valence-electron chi connectivity index (χ0n) is 21.7. The first-order chi connectivity index (χ1) is 17.7. The highest BCUT2D eigenvalue weighted by Gasteiger charge is 2.38. The highest BCUT2D eigenvalue weighted by molar-refractivity contribution is 8.14. The molecule has 0 radical (unpaired) electrons. The maximum atomic E-state index is 12.8. The molecule has 2 unspecified atom stereocenters. The number of amidine groups is 1. The van der Waals surface area contributed by atoms with Gasteiger partial charge < -0.3 is 15.2 Å². The monoisotopic (exact) mass is 538 g/mol. The lowest BCUT2D eigenvalue weighted by molar-refractivity contribution is -0.119. The van der Waals surface area contributed by atoms with E-state index in [1.807, 2.05) is 60.6 Å². The first-order valence-corrected chi connectivity index (χ1v) is 14.7. The number of rotatable bonds is 9. The molecule has 2 aromatic carbocycles. The third-order valence-electron chi connectivity index (χ3n) is 6.49. The quantitative estimate of drug-likeness (QED) is 0.345. The highest BCUT2D eigenvalue weighted by atomic mass is 32.2. The van der Waals surface area contributed by atoms with Crippen molar-refractivity contribution in [3.63, 3.8) is 0 Å². The molecule has 9 heteroatoms. The molecule has 0 saturated carbocycles. The summed E-state index contributed by atoms with van der Waals surface area (Å²) in [7, 11) is 0. The molecule has 4 rings (SSSR count). The molecular formula is C28H34N4O3S2. The molecule has 0 aliphatic carbocycles. The Hall–Kier alpha value is -2.59. The number of amides is 2. The second kappa shape index (κ2) is 11.9. The molecule has 2 heterocycles. The van der Waals surface area contributed by atoms with Crippen LogP contribution in [0.1, 0.15) is 63.3 Å². The summed E-state index contributed by atoms with van der Waals surface area (Å²) in [4.78, 5) is 30.2. The number of hydrogen-bond acceptors (Lipinski definition) is 6. The van der Waals surface area contributed by atoms with Crippen LogP contribution in [0.5, 0.6) is 0 Å². The Morgan fingerprint density at radius 1 is 1.22 bits per heavy atom. The summed E-state index contributed by atoms with van der Waals surface area (Å²) in [6, 6.07) is 13.4. The van der Waals surface area contributed by atoms with Crippen LogP contribution in [0.4, 0.5) is 5.69 Å². The van der Waals surface area contributed by atoms with Crippen molar-refractivity contribution >= 4 is 51.9 Å². The van der Waals surface area contributed by atoms with Gasteiger partial charge in [-0.3, -0.25) is 14.6 Å². The number of carbonyl (C=O) groups is 2. The van der Waals surface area contributed by atoms with Crippen LogP contribution in [0.2, 0.25) is 0 Å². The number of anilines is 1. The van der Waals surface area contributed by atoms with E-state index < -0.39 is 16.8 Å². The lowest BCUT2D eigenvalue weighted by atomic mass is 9.85. The number of nitrogens with one attached hydrogen (secondary N) is 2. The van der Waals surface area contributed by atoms with E-state index >= 15 is 0 Å². The minimum atomic E-state index is -1.18. The van der Waals surface area contributed by atoms with Crippen molar-refractivity contribution in [3.05, 3.63) is 65.2 Å². The van der Waals surface area contributed by atoms with Gasteiger partial charge in [0, 0.05) is 30.6 Å². The average Bonchev–Trinajstić information content (AvgIpc) is 3.44. The van der Waals surface area contributed by atoms with E-state index in [2.05, 4.69) is 24.5 Å². The summed E-state index contributed by atoms with van der Waals surface area (Å²) >= 11 is 0.328. The molecule has 2 amide bonds. The van der Waals surface area contributed by atoms with Crippen LogP contribution in [0.15, 0.2) is 58.4 Å². The Labute approximate surface area is 226 Å². The van der Waals surface area contributed by atoms with Crippen LogP contribution in [-0.2, 0) is 26.4 Å². The van der Waals surface area contributed by atoms with Crippen LogP contribution < -0.4 is 10.6 Å². The Morgan fingerprint density at radius 3 is 2.59 bits per heavy atom. The van der Waals surface area contributed by atoms with Crippen molar-refractivity contribution < 1.29 is 14.1 Å². The molecular weight excluding hydrogens is 504 g/mol. The van der Waals surface area contributed by atoms with Crippen molar-refractivity contribution in [2.75, 3.05) is 24.2 Å². The predicted molar refractivity (Wildman–Crippen MR) is 153 cm³/mol. The van der Waals surface area contributed by atoms with Crippen LogP contribution in [-0.4, -0.2) is 44.7 Å². The summed E-state index contributed by atoms with van der Waals surface area (Å²) in [6.45, 7) is 9.61. The summed E-state index contributed by atoms with van der Waals surface area (Å²) in [5.74, 6) is 0.481. The Morgan fingerprint density at radius 2 is 1.92 bits per heavy atom. The molecule has 0 saturated heterocycles. The second-order valence-electron chi connectivity index (χ2n) is 9.71. The summed E-state index contributed by atoms with van der Waals surface area (Å²) < 4.78 is 14.8. The number of fused-ring (bicyclic) bond motifs is 1. The minimum Gasteiger partial charge on any atom is -0.593 e. The molecule has 0 fully saturated rings. The molecule has 0 aromatic heterocycles. The van der Waals surface area contributed by atoms with Gasteiger partial charge in [-0.05, 0) is 79.8 Å². The minimum absolute atomic E-state index is 0.00143. The first kappa shape index (κ1) is 27.4. The van der Waals surface area contributed by atoms with Crippen LogP contribution in [0.3, 0.4) is 0 Å². The van der Waals surface area contributed by atoms with Gasteiger partial charge in [-0.15, -0.1) is 4.31 Å². The van der Waals surface area contributed by atoms with E-state index in [1.54, 1.807) is 6.08 Å². The molecule has 2 atom stereocenters. The predicted octanol–water partition coefficient (Wildman–Crippen LogP) is 5.03. The van der Waals surface area contributed by atoms with Gasteiger partial charge >= 0.3 is 0 Å². The zero-order valence-corrected chi connectivity index (χ0v) is 23.4. The largest absolute Gasteiger partial charge is 0.593 e. The average molecular weight is 539 g/mol. The van der Waals surface area contributed by atoms with Crippen molar-refractivity contribution in [2.45, 2.75) is 56.9 Å². The van der Waals surface area contributed by atoms with Crippen LogP contribution in [0, 0.1) is 0 Å². The standard InChI is InChI=1S/C28H34N4O3S2/c1-5-15-32(16-6-2)37(35)21-11-7-19(8-12-21)9-14-25(33)31-27-30-24(18-36-27)20-10-13-23-22(17-20)28(3,4)26(34)29-23/h7-14,17,24H,5-6,15-16,18H2,1-4H3,(H,29,34)(H,30,31,33)/b14-9+. The SMILES string of the molecule is CCCN(CCC)[S+]([O-])c1ccc(/C=C/C(=O)NC2=NC(c3ccc4c(c3)C(C)(C)C(=O)N4)CS2)cc1. The fourth-order valence-electron chi connectivity index (χ4n) is 4.35. The molecule has 2 aliphatic rings. The van der Waals surface area contributed by atoms with Gasteiger partial charge in [0.1, 0.15) is 0 Å². The third kappa shape index (κ3) is 6.29. The fourth-order valence-corrected chi connectivity index (χ4v) is 6.67. The van der Waals surface area contributed by atoms with Gasteiger partial charge in [0.2, 0.25) is 11.8 Å². The summed E-state index contributed by atoms with van der Waals surface area (Å²) in [5, 5.41) is 6.38. The first-order valence-electron chi connectivity index (χ1n) is 12.6. The van der Waals surface area contributed by atoms with E-state index in [-0.39, 0.29) is 17.9 Å². The van der Waals surface area contributed by atoms with Gasteiger partial charge in [0.05, 0.1) is 22.8 Å². The number of carbonyl (C=O) groups excluding carboxylic acids is 2. The van der Waals surface area contributed by atoms with E-state index in [0.717, 1.165) is 59.0 Å². The lowest BCUT2D eigenvalue weighted by Crippen LogP contribution is -2.32. The molecule has 0 bridgehead atoms. The summed E-state index contributed by atoms with van der Waals surface area (Å²) in [5.41, 5.74) is 3.15. The number of benzene rings is 2. The number of aliphatic imine (C=N–C) groups is 1. The van der Waals surface area contributed by atoms with Crippen molar-refractivity contribution in [2.24, 2.45) is 4.99 Å². The molecule has 7 nitrogen and oxygen atoms in total. The Balaban J connectivity index is 1.35. The maximum absolute atomic E-state index is 12.8. The summed E-state index contributed by atoms with van der Waals surface area (Å²) in [6.07, 6.45) is 5.13. The van der Waals surface area contributed by atoms with Crippen LogP contribution in [0.25, 0.3) is 6.08 Å². The van der Waals surface area contributed by atoms with Crippen molar-refractivity contribution in [1.82, 2.24) is 9.62 Å². The lowest BCUT2D eigenvalue weighted by Gasteiger charge is -2.23. The van der Waals surface area contributed by atoms with Gasteiger partial charge in [-0.1, -0.05) is 37.7 Å². The van der Waals surface area contributed by atoms with E-state index in [0.29, 0.717) is 5.17 Å². The van der Waals surface area contributed by atoms with E-state index in [4.69, 9.17) is 4.99 Å². The van der Waals surface area contributed by atoms with Crippen LogP contribution >= 0.6 is 11.8 Å². The fraction of sp³-hybridized carbons (Fsp3) is 0.393. The van der Waals surface area contributed by atoms with Gasteiger partial charge in [-0.25, -0.2) is 0 Å². The molecule has 2 aromatic rings. The van der Waals surface area contributed by atoms with E-state index in [9.17, 15) is 14.1 Å². The molecule has 37 heavy (non-hydrogen) atoms. The second-order valence-corrected chi connectivity index (χ2v) is 12.2. The number of thioether (sulfide) groups is 1. The zero-order chi connectivity index (χ0) is 26.6. The maximum Gasteiger partial charge on any atom is 0.249 e. The highest BCUT2D eigenvalue weighted by Crippen LogP contribution is 2.40. The Kier molecular flexibility index (Phi) is 8.79. The molecule has 2 N–H and O–H groups in total. The normalized spacial score (nSPS) is 19.1. The molecule has 0 spiro atoms. The number of nitrogens with zero attached hydrogens (tertiary/aromatic N) is 2. The molecule has 196 valence electrons. The topological polar surface area (TPSA) is 96.9 Å². The molecule has 2 aliphatic heterocycles. The third-order valence-corrected chi connectivity index (χ3v) is 8.96. The van der Waals surface area contributed by atoms with Gasteiger partial charge in [0.15, 0.2) is 10.1 Å². The van der Waals surface area contributed by atoms with E-state index in [1.165, 1.54) is 17.8 Å². The Bertz CT molecular complexity index is 1200. The van der Waals surface area contributed by atoms with Crippen molar-refractivity contribution in [3.8, 4) is 0 Å². The van der Waals surface area contributed by atoms with Gasteiger partial charge in [-0.2, -0.15) is 0 Å². The van der Waals surface area contributed by atoms with Crippen molar-refractivity contribution in [1.29, 1.82) is 0 Å². The smallest absolute Gasteiger partial charge is 0.249 e. The van der Waals surface area contributed by atoms with Gasteiger partial charge in [0.25, 0.3) is 0 Å². The number of hydrogen-bond donors (Lipinski definition) is 2.